The van der Waals surface area contributed by atoms with Gasteiger partial charge in [0.05, 0.1) is 10.7 Å². The molecular weight excluding hydrogens is 319 g/mol. The molecule has 2 amide bonds. The van der Waals surface area contributed by atoms with Gasteiger partial charge >= 0.3 is 0 Å². The minimum Gasteiger partial charge on any atom is -0.319 e. The van der Waals surface area contributed by atoms with Gasteiger partial charge in [-0.05, 0) is 36.8 Å². The standard InChI is InChI=1S/C17H14ClFN2O2/c18-13-6-2-7-14(16(13)19)20-17(23)11-4-1-5-12(10-11)21-9-3-8-15(21)22/h1-2,4-7,10H,3,8-9H2,(H,20,23). The fourth-order valence-electron chi connectivity index (χ4n) is 2.53. The Hall–Kier alpha value is -2.40. The van der Waals surface area contributed by atoms with Gasteiger partial charge < -0.3 is 10.2 Å². The fraction of sp³-hybridized carbons (Fsp3) is 0.176. The Labute approximate surface area is 137 Å². The van der Waals surface area contributed by atoms with Crippen LogP contribution in [-0.2, 0) is 4.79 Å². The number of rotatable bonds is 3. The van der Waals surface area contributed by atoms with Crippen molar-refractivity contribution in [1.82, 2.24) is 0 Å². The van der Waals surface area contributed by atoms with Crippen molar-refractivity contribution in [3.8, 4) is 0 Å². The lowest BCUT2D eigenvalue weighted by atomic mass is 10.1. The molecule has 1 N–H and O–H groups in total. The second-order valence-corrected chi connectivity index (χ2v) is 5.66. The Morgan fingerprint density at radius 3 is 2.74 bits per heavy atom. The summed E-state index contributed by atoms with van der Waals surface area (Å²) in [7, 11) is 0. The molecule has 0 aromatic heterocycles. The van der Waals surface area contributed by atoms with Crippen molar-refractivity contribution in [2.45, 2.75) is 12.8 Å². The summed E-state index contributed by atoms with van der Waals surface area (Å²) in [6.45, 7) is 0.646. The molecule has 1 aliphatic heterocycles. The summed E-state index contributed by atoms with van der Waals surface area (Å²) in [4.78, 5) is 25.7. The number of anilines is 2. The molecule has 0 aliphatic carbocycles. The van der Waals surface area contributed by atoms with Crippen molar-refractivity contribution in [2.24, 2.45) is 0 Å². The first-order valence-electron chi connectivity index (χ1n) is 7.22. The molecule has 0 atom stereocenters. The number of halogens is 2. The first kappa shape index (κ1) is 15.5. The van der Waals surface area contributed by atoms with Gasteiger partial charge in [0, 0.05) is 24.2 Å². The zero-order chi connectivity index (χ0) is 16.4. The van der Waals surface area contributed by atoms with Gasteiger partial charge in [-0.25, -0.2) is 4.39 Å². The second-order valence-electron chi connectivity index (χ2n) is 5.25. The summed E-state index contributed by atoms with van der Waals surface area (Å²) in [5.41, 5.74) is 1.04. The molecular formula is C17H14ClFN2O2. The molecule has 0 saturated carbocycles. The molecule has 0 bridgehead atoms. The van der Waals surface area contributed by atoms with E-state index in [-0.39, 0.29) is 16.6 Å². The van der Waals surface area contributed by atoms with E-state index in [0.29, 0.717) is 24.2 Å². The van der Waals surface area contributed by atoms with Gasteiger partial charge in [0.15, 0.2) is 5.82 Å². The van der Waals surface area contributed by atoms with Crippen LogP contribution < -0.4 is 10.2 Å². The van der Waals surface area contributed by atoms with E-state index in [2.05, 4.69) is 5.32 Å². The van der Waals surface area contributed by atoms with E-state index in [1.807, 2.05) is 0 Å². The van der Waals surface area contributed by atoms with Gasteiger partial charge in [0.2, 0.25) is 5.91 Å². The third-order valence-electron chi connectivity index (χ3n) is 3.69. The normalized spacial score (nSPS) is 14.2. The lowest BCUT2D eigenvalue weighted by Gasteiger charge is -2.16. The van der Waals surface area contributed by atoms with Crippen LogP contribution in [0.25, 0.3) is 0 Å². The van der Waals surface area contributed by atoms with E-state index < -0.39 is 11.7 Å². The Balaban J connectivity index is 1.82. The van der Waals surface area contributed by atoms with Crippen LogP contribution in [0.2, 0.25) is 5.02 Å². The highest BCUT2D eigenvalue weighted by atomic mass is 35.5. The highest BCUT2D eigenvalue weighted by Gasteiger charge is 2.22. The summed E-state index contributed by atoms with van der Waals surface area (Å²) < 4.78 is 13.9. The van der Waals surface area contributed by atoms with Crippen molar-refractivity contribution in [3.05, 3.63) is 58.9 Å². The first-order chi connectivity index (χ1) is 11.1. The van der Waals surface area contributed by atoms with Gasteiger partial charge in [0.1, 0.15) is 0 Å². The number of nitrogens with one attached hydrogen (secondary N) is 1. The summed E-state index contributed by atoms with van der Waals surface area (Å²) in [6.07, 6.45) is 1.33. The predicted octanol–water partition coefficient (Wildman–Crippen LogP) is 3.86. The van der Waals surface area contributed by atoms with Crippen LogP contribution in [-0.4, -0.2) is 18.4 Å². The van der Waals surface area contributed by atoms with Crippen LogP contribution in [0.1, 0.15) is 23.2 Å². The van der Waals surface area contributed by atoms with Crippen LogP contribution in [0, 0.1) is 5.82 Å². The molecule has 6 heteroatoms. The molecule has 1 fully saturated rings. The molecule has 2 aromatic rings. The van der Waals surface area contributed by atoms with Gasteiger partial charge in [-0.1, -0.05) is 23.7 Å². The van der Waals surface area contributed by atoms with Gasteiger partial charge in [-0.3, -0.25) is 9.59 Å². The van der Waals surface area contributed by atoms with E-state index in [1.54, 1.807) is 35.2 Å². The first-order valence-corrected chi connectivity index (χ1v) is 7.60. The molecule has 0 radical (unpaired) electrons. The lowest BCUT2D eigenvalue weighted by Crippen LogP contribution is -2.24. The van der Waals surface area contributed by atoms with Crippen molar-refractivity contribution >= 4 is 34.8 Å². The average Bonchev–Trinajstić information content (AvgIpc) is 2.98. The zero-order valence-electron chi connectivity index (χ0n) is 12.2. The maximum atomic E-state index is 13.9. The highest BCUT2D eigenvalue weighted by molar-refractivity contribution is 6.31. The third-order valence-corrected chi connectivity index (χ3v) is 3.99. The van der Waals surface area contributed by atoms with Crippen molar-refractivity contribution in [3.63, 3.8) is 0 Å². The number of benzene rings is 2. The van der Waals surface area contributed by atoms with Crippen LogP contribution >= 0.6 is 11.6 Å². The molecule has 1 saturated heterocycles. The molecule has 23 heavy (non-hydrogen) atoms. The number of amides is 2. The van der Waals surface area contributed by atoms with E-state index in [9.17, 15) is 14.0 Å². The number of carbonyl (C=O) groups is 2. The molecule has 1 aliphatic rings. The third kappa shape index (κ3) is 3.19. The molecule has 118 valence electrons. The topological polar surface area (TPSA) is 49.4 Å². The SMILES string of the molecule is O=C(Nc1cccc(Cl)c1F)c1cccc(N2CCCC2=O)c1. The summed E-state index contributed by atoms with van der Waals surface area (Å²) in [6, 6.07) is 11.1. The van der Waals surface area contributed by atoms with Gasteiger partial charge in [-0.15, -0.1) is 0 Å². The quantitative estimate of drug-likeness (QED) is 0.928. The van der Waals surface area contributed by atoms with Crippen molar-refractivity contribution in [1.29, 1.82) is 0 Å². The minimum atomic E-state index is -0.673. The smallest absolute Gasteiger partial charge is 0.255 e. The van der Waals surface area contributed by atoms with Crippen LogP contribution in [0.15, 0.2) is 42.5 Å². The van der Waals surface area contributed by atoms with Gasteiger partial charge in [-0.2, -0.15) is 0 Å². The van der Waals surface area contributed by atoms with E-state index >= 15 is 0 Å². The molecule has 0 spiro atoms. The largest absolute Gasteiger partial charge is 0.319 e. The Bertz CT molecular complexity index is 779. The maximum Gasteiger partial charge on any atom is 0.255 e. The lowest BCUT2D eigenvalue weighted by molar-refractivity contribution is -0.117. The van der Waals surface area contributed by atoms with E-state index in [1.165, 1.54) is 12.1 Å². The number of nitrogens with zero attached hydrogens (tertiary/aromatic N) is 1. The highest BCUT2D eigenvalue weighted by Crippen LogP contribution is 2.25. The van der Waals surface area contributed by atoms with Crippen LogP contribution in [0.5, 0.6) is 0 Å². The van der Waals surface area contributed by atoms with Crippen molar-refractivity contribution < 1.29 is 14.0 Å². The summed E-state index contributed by atoms with van der Waals surface area (Å²) in [5.74, 6) is -1.09. The summed E-state index contributed by atoms with van der Waals surface area (Å²) >= 11 is 5.70. The van der Waals surface area contributed by atoms with Gasteiger partial charge in [0.25, 0.3) is 5.91 Å². The monoisotopic (exact) mass is 332 g/mol. The molecule has 2 aromatic carbocycles. The Morgan fingerprint density at radius 1 is 1.22 bits per heavy atom. The number of carbonyl (C=O) groups excluding carboxylic acids is 2. The maximum absolute atomic E-state index is 13.9. The summed E-state index contributed by atoms with van der Waals surface area (Å²) in [5, 5.41) is 2.44. The molecule has 1 heterocycles. The van der Waals surface area contributed by atoms with Crippen molar-refractivity contribution in [2.75, 3.05) is 16.8 Å². The molecule has 0 unspecified atom stereocenters. The number of hydrogen-bond donors (Lipinski definition) is 1. The Morgan fingerprint density at radius 2 is 2.00 bits per heavy atom. The fourth-order valence-corrected chi connectivity index (χ4v) is 2.71. The number of hydrogen-bond acceptors (Lipinski definition) is 2. The molecule has 4 nitrogen and oxygen atoms in total. The van der Waals surface area contributed by atoms with Crippen LogP contribution in [0.3, 0.4) is 0 Å². The zero-order valence-corrected chi connectivity index (χ0v) is 12.9. The van der Waals surface area contributed by atoms with E-state index in [0.717, 1.165) is 6.42 Å². The minimum absolute atomic E-state index is 0.0187. The Kier molecular flexibility index (Phi) is 4.30. The van der Waals surface area contributed by atoms with E-state index in [4.69, 9.17) is 11.6 Å². The van der Waals surface area contributed by atoms with Crippen LogP contribution in [0.4, 0.5) is 15.8 Å². The second kappa shape index (κ2) is 6.38. The molecule has 3 rings (SSSR count). The predicted molar refractivity (Wildman–Crippen MR) is 87.4 cm³/mol. The average molecular weight is 333 g/mol.